The number of nitrogens with one attached hydrogen (secondary N) is 2. The number of carbonyl (C=O) groups is 2. The number of aromatic carboxylic acids is 1. The zero-order valence-corrected chi connectivity index (χ0v) is 11.7. The van der Waals surface area contributed by atoms with Crippen molar-refractivity contribution in [1.29, 1.82) is 0 Å². The maximum Gasteiger partial charge on any atom is 0.371 e. The molecular weight excluding hydrogens is 276 g/mol. The van der Waals surface area contributed by atoms with Gasteiger partial charge in [-0.2, -0.15) is 0 Å². The van der Waals surface area contributed by atoms with E-state index < -0.39 is 12.0 Å². The van der Waals surface area contributed by atoms with Crippen LogP contribution >= 0.6 is 0 Å². The molecule has 0 aliphatic carbocycles. The van der Waals surface area contributed by atoms with Crippen molar-refractivity contribution in [2.75, 3.05) is 0 Å². The quantitative estimate of drug-likeness (QED) is 0.785. The molecule has 0 aliphatic rings. The Hall–Kier alpha value is -2.70. The normalized spacial score (nSPS) is 11.9. The highest BCUT2D eigenvalue weighted by Gasteiger charge is 2.13. The highest BCUT2D eigenvalue weighted by atomic mass is 16.4. The van der Waals surface area contributed by atoms with Crippen LogP contribution in [0.15, 0.2) is 33.1 Å². The predicted octanol–water partition coefficient (Wildman–Crippen LogP) is 2.44. The SMILES string of the molecule is Cc1ccc(C(C)NC(=O)NCc2ccc(C(=O)O)o2)o1. The number of carboxylic acids is 1. The largest absolute Gasteiger partial charge is 0.475 e. The standard InChI is InChI=1S/C14H16N2O5/c1-8-3-5-11(20-8)9(2)16-14(19)15-7-10-4-6-12(21-10)13(17)18/h3-6,9H,7H2,1-2H3,(H,17,18)(H2,15,16,19). The predicted molar refractivity (Wildman–Crippen MR) is 72.9 cm³/mol. The van der Waals surface area contributed by atoms with Crippen LogP contribution in [-0.4, -0.2) is 17.1 Å². The van der Waals surface area contributed by atoms with E-state index in [1.165, 1.54) is 12.1 Å². The van der Waals surface area contributed by atoms with Gasteiger partial charge in [0.15, 0.2) is 0 Å². The molecule has 2 aromatic heterocycles. The van der Waals surface area contributed by atoms with Gasteiger partial charge in [-0.05, 0) is 38.1 Å². The summed E-state index contributed by atoms with van der Waals surface area (Å²) in [6.07, 6.45) is 0. The van der Waals surface area contributed by atoms with E-state index in [-0.39, 0.29) is 18.3 Å². The molecule has 2 rings (SSSR count). The summed E-state index contributed by atoms with van der Waals surface area (Å²) in [4.78, 5) is 22.4. The van der Waals surface area contributed by atoms with Crippen molar-refractivity contribution in [1.82, 2.24) is 10.6 Å². The van der Waals surface area contributed by atoms with Gasteiger partial charge in [0, 0.05) is 0 Å². The van der Waals surface area contributed by atoms with Crippen molar-refractivity contribution in [3.63, 3.8) is 0 Å². The van der Waals surface area contributed by atoms with Gasteiger partial charge in [-0.25, -0.2) is 9.59 Å². The summed E-state index contributed by atoms with van der Waals surface area (Å²) in [6.45, 7) is 3.73. The van der Waals surface area contributed by atoms with Gasteiger partial charge in [0.2, 0.25) is 5.76 Å². The average molecular weight is 292 g/mol. The fraction of sp³-hybridized carbons (Fsp3) is 0.286. The summed E-state index contributed by atoms with van der Waals surface area (Å²) in [7, 11) is 0. The number of furan rings is 2. The lowest BCUT2D eigenvalue weighted by Gasteiger charge is -2.12. The first-order chi connectivity index (χ1) is 9.95. The maximum absolute atomic E-state index is 11.7. The summed E-state index contributed by atoms with van der Waals surface area (Å²) in [5.41, 5.74) is 0. The molecule has 7 heteroatoms. The second kappa shape index (κ2) is 6.17. The Labute approximate surface area is 120 Å². The number of aryl methyl sites for hydroxylation is 1. The Bertz CT molecular complexity index is 643. The fourth-order valence-corrected chi connectivity index (χ4v) is 1.76. The topological polar surface area (TPSA) is 105 Å². The zero-order valence-electron chi connectivity index (χ0n) is 11.7. The lowest BCUT2D eigenvalue weighted by atomic mass is 10.2. The first kappa shape index (κ1) is 14.7. The van der Waals surface area contributed by atoms with E-state index >= 15 is 0 Å². The molecule has 0 bridgehead atoms. The number of hydrogen-bond acceptors (Lipinski definition) is 4. The van der Waals surface area contributed by atoms with E-state index in [2.05, 4.69) is 10.6 Å². The minimum Gasteiger partial charge on any atom is -0.475 e. The molecule has 2 heterocycles. The van der Waals surface area contributed by atoms with Crippen molar-refractivity contribution in [3.8, 4) is 0 Å². The zero-order chi connectivity index (χ0) is 15.4. The van der Waals surface area contributed by atoms with Gasteiger partial charge in [0.1, 0.15) is 17.3 Å². The van der Waals surface area contributed by atoms with Gasteiger partial charge < -0.3 is 24.6 Å². The van der Waals surface area contributed by atoms with Crippen molar-refractivity contribution in [3.05, 3.63) is 47.3 Å². The van der Waals surface area contributed by atoms with Crippen molar-refractivity contribution < 1.29 is 23.5 Å². The molecule has 0 aromatic carbocycles. The fourth-order valence-electron chi connectivity index (χ4n) is 1.76. The summed E-state index contributed by atoms with van der Waals surface area (Å²) in [5.74, 6) is 0.493. The van der Waals surface area contributed by atoms with Gasteiger partial charge in [-0.3, -0.25) is 0 Å². The van der Waals surface area contributed by atoms with Gasteiger partial charge in [0.05, 0.1) is 12.6 Å². The van der Waals surface area contributed by atoms with E-state index in [9.17, 15) is 9.59 Å². The molecule has 0 spiro atoms. The van der Waals surface area contributed by atoms with Crippen LogP contribution in [0.25, 0.3) is 0 Å². The lowest BCUT2D eigenvalue weighted by molar-refractivity contribution is 0.0660. The third kappa shape index (κ3) is 3.88. The summed E-state index contributed by atoms with van der Waals surface area (Å²) in [6, 6.07) is 5.79. The number of rotatable bonds is 5. The van der Waals surface area contributed by atoms with E-state index in [4.69, 9.17) is 13.9 Å². The van der Waals surface area contributed by atoms with Crippen molar-refractivity contribution in [2.45, 2.75) is 26.4 Å². The molecule has 1 unspecified atom stereocenters. The van der Waals surface area contributed by atoms with Crippen LogP contribution in [-0.2, 0) is 6.54 Å². The molecule has 2 amide bonds. The molecule has 3 N–H and O–H groups in total. The van der Waals surface area contributed by atoms with Gasteiger partial charge in [-0.1, -0.05) is 0 Å². The molecule has 112 valence electrons. The van der Waals surface area contributed by atoms with Crippen LogP contribution in [0.2, 0.25) is 0 Å². The smallest absolute Gasteiger partial charge is 0.371 e. The van der Waals surface area contributed by atoms with Gasteiger partial charge in [-0.15, -0.1) is 0 Å². The third-order valence-electron chi connectivity index (χ3n) is 2.83. The number of carbonyl (C=O) groups excluding carboxylic acids is 1. The highest BCUT2D eigenvalue weighted by molar-refractivity contribution is 5.84. The molecular formula is C14H16N2O5. The number of amides is 2. The summed E-state index contributed by atoms with van der Waals surface area (Å²) in [5, 5.41) is 14.0. The lowest BCUT2D eigenvalue weighted by Crippen LogP contribution is -2.36. The van der Waals surface area contributed by atoms with E-state index in [1.807, 2.05) is 13.0 Å². The second-order valence-electron chi connectivity index (χ2n) is 4.57. The van der Waals surface area contributed by atoms with Crippen LogP contribution in [0.1, 0.15) is 40.8 Å². The van der Waals surface area contributed by atoms with E-state index in [0.29, 0.717) is 11.5 Å². The van der Waals surface area contributed by atoms with Crippen LogP contribution in [0.4, 0.5) is 4.79 Å². The Kier molecular flexibility index (Phi) is 4.32. The molecule has 2 aromatic rings. The molecule has 0 aliphatic heterocycles. The summed E-state index contributed by atoms with van der Waals surface area (Å²) < 4.78 is 10.4. The van der Waals surface area contributed by atoms with Crippen molar-refractivity contribution >= 4 is 12.0 Å². The minimum absolute atomic E-state index is 0.100. The first-order valence-electron chi connectivity index (χ1n) is 6.38. The molecule has 0 radical (unpaired) electrons. The van der Waals surface area contributed by atoms with Crippen LogP contribution in [0.5, 0.6) is 0 Å². The van der Waals surface area contributed by atoms with Crippen LogP contribution < -0.4 is 10.6 Å². The number of hydrogen-bond donors (Lipinski definition) is 3. The molecule has 21 heavy (non-hydrogen) atoms. The van der Waals surface area contributed by atoms with E-state index in [0.717, 1.165) is 5.76 Å². The first-order valence-corrected chi connectivity index (χ1v) is 6.38. The minimum atomic E-state index is -1.15. The Morgan fingerprint density at radius 1 is 1.24 bits per heavy atom. The molecule has 7 nitrogen and oxygen atoms in total. The highest BCUT2D eigenvalue weighted by Crippen LogP contribution is 2.15. The van der Waals surface area contributed by atoms with Crippen molar-refractivity contribution in [2.24, 2.45) is 0 Å². The molecule has 1 atom stereocenters. The Morgan fingerprint density at radius 2 is 2.00 bits per heavy atom. The Balaban J connectivity index is 1.82. The second-order valence-corrected chi connectivity index (χ2v) is 4.57. The van der Waals surface area contributed by atoms with Crippen LogP contribution in [0.3, 0.4) is 0 Å². The number of urea groups is 1. The molecule has 0 saturated heterocycles. The third-order valence-corrected chi connectivity index (χ3v) is 2.83. The molecule has 0 saturated carbocycles. The average Bonchev–Trinajstić information content (AvgIpc) is 3.05. The molecule has 0 fully saturated rings. The van der Waals surface area contributed by atoms with Crippen LogP contribution in [0, 0.1) is 6.92 Å². The summed E-state index contributed by atoms with van der Waals surface area (Å²) >= 11 is 0. The van der Waals surface area contributed by atoms with Gasteiger partial charge in [0.25, 0.3) is 0 Å². The van der Waals surface area contributed by atoms with Gasteiger partial charge >= 0.3 is 12.0 Å². The maximum atomic E-state index is 11.7. The number of carboxylic acid groups (broad SMARTS) is 1. The Morgan fingerprint density at radius 3 is 2.57 bits per heavy atom. The van der Waals surface area contributed by atoms with E-state index in [1.54, 1.807) is 13.0 Å². The monoisotopic (exact) mass is 292 g/mol.